The van der Waals surface area contributed by atoms with Gasteiger partial charge in [0.25, 0.3) is 0 Å². The van der Waals surface area contributed by atoms with Crippen LogP contribution in [0.5, 0.6) is 5.75 Å². The minimum Gasteiger partial charge on any atom is -0.483 e. The summed E-state index contributed by atoms with van der Waals surface area (Å²) in [6, 6.07) is 7.19. The molecular weight excluding hydrogens is 410 g/mol. The van der Waals surface area contributed by atoms with E-state index in [1.807, 2.05) is 6.92 Å². The summed E-state index contributed by atoms with van der Waals surface area (Å²) in [5, 5.41) is 0. The number of hydrogen-bond acceptors (Lipinski definition) is 5. The average Bonchev–Trinajstić information content (AvgIpc) is 2.77. The van der Waals surface area contributed by atoms with Crippen LogP contribution in [0.2, 0.25) is 0 Å². The van der Waals surface area contributed by atoms with Gasteiger partial charge in [0, 0.05) is 0 Å². The summed E-state index contributed by atoms with van der Waals surface area (Å²) >= 11 is -1.34. The number of benzene rings is 1. The van der Waals surface area contributed by atoms with Crippen molar-refractivity contribution in [3.8, 4) is 5.75 Å². The molecule has 0 heterocycles. The van der Waals surface area contributed by atoms with E-state index in [1.54, 1.807) is 31.2 Å². The summed E-state index contributed by atoms with van der Waals surface area (Å²) in [6.07, 6.45) is 15.0. The number of carbonyl (C=O) groups excluding carboxylic acids is 1. The van der Waals surface area contributed by atoms with Crippen molar-refractivity contribution in [2.75, 3.05) is 11.2 Å². The third-order valence-corrected chi connectivity index (χ3v) is 6.21. The topological polar surface area (TPSA) is 64.6 Å². The number of nitrogens with one attached hydrogen (secondary N) is 1. The summed E-state index contributed by atoms with van der Waals surface area (Å²) in [5.41, 5.74) is 3.41. The maximum atomic E-state index is 12.0. The first kappa shape index (κ1) is 27.6. The van der Waals surface area contributed by atoms with Gasteiger partial charge >= 0.3 is 0 Å². The molecule has 0 aliphatic rings. The summed E-state index contributed by atoms with van der Waals surface area (Å²) in [5.74, 6) is 1.24. The maximum Gasteiger partial charge on any atom is 0.179 e. The van der Waals surface area contributed by atoms with Gasteiger partial charge in [-0.2, -0.15) is 4.28 Å². The lowest BCUT2D eigenvalue weighted by atomic mass is 10.0. The van der Waals surface area contributed by atoms with Gasteiger partial charge in [-0.3, -0.25) is 10.3 Å². The Morgan fingerprint density at radius 2 is 1.42 bits per heavy atom. The van der Waals surface area contributed by atoms with Gasteiger partial charge in [0.05, 0.1) is 11.4 Å². The molecular formula is C25H43NO4S. The minimum absolute atomic E-state index is 0.0628. The molecule has 0 amide bonds. The molecule has 0 saturated heterocycles. The van der Waals surface area contributed by atoms with E-state index < -0.39 is 17.2 Å². The zero-order valence-corrected chi connectivity index (χ0v) is 20.6. The lowest BCUT2D eigenvalue weighted by Crippen LogP contribution is -2.25. The van der Waals surface area contributed by atoms with E-state index in [1.165, 1.54) is 51.4 Å². The van der Waals surface area contributed by atoms with Crippen LogP contribution in [0.4, 0.5) is 5.69 Å². The van der Waals surface area contributed by atoms with Crippen LogP contribution in [-0.2, 0) is 20.2 Å². The molecule has 1 N–H and O–H groups in total. The fraction of sp³-hybridized carbons (Fsp3) is 0.720. The first-order valence-electron chi connectivity index (χ1n) is 12.2. The Kier molecular flexibility index (Phi) is 16.2. The van der Waals surface area contributed by atoms with E-state index in [4.69, 9.17) is 9.02 Å². The predicted molar refractivity (Wildman–Crippen MR) is 131 cm³/mol. The van der Waals surface area contributed by atoms with Gasteiger partial charge in [0.15, 0.2) is 23.0 Å². The molecule has 5 nitrogen and oxygen atoms in total. The first-order chi connectivity index (χ1) is 15.1. The second-order valence-corrected chi connectivity index (χ2v) is 9.44. The highest BCUT2D eigenvalue weighted by molar-refractivity contribution is 7.80. The lowest BCUT2D eigenvalue weighted by Gasteiger charge is -2.17. The Hall–Kier alpha value is -1.40. The van der Waals surface area contributed by atoms with Crippen LogP contribution in [0.1, 0.15) is 104 Å². The fourth-order valence-electron chi connectivity index (χ4n) is 3.33. The molecule has 178 valence electrons. The van der Waals surface area contributed by atoms with Crippen molar-refractivity contribution in [2.45, 2.75) is 110 Å². The molecule has 0 aromatic heterocycles. The number of carbonyl (C=O) groups is 1. The Bertz CT molecular complexity index is 606. The van der Waals surface area contributed by atoms with Crippen LogP contribution < -0.4 is 10.2 Å². The van der Waals surface area contributed by atoms with E-state index in [0.29, 0.717) is 17.2 Å². The molecule has 0 radical (unpaired) electrons. The molecule has 0 fully saturated rings. The van der Waals surface area contributed by atoms with Crippen molar-refractivity contribution in [3.05, 3.63) is 24.3 Å². The first-order valence-corrected chi connectivity index (χ1v) is 13.4. The van der Waals surface area contributed by atoms with Crippen LogP contribution in [0, 0.1) is 0 Å². The summed E-state index contributed by atoms with van der Waals surface area (Å²) < 4.78 is 22.7. The molecule has 0 bridgehead atoms. The van der Waals surface area contributed by atoms with Crippen LogP contribution in [0.15, 0.2) is 24.3 Å². The van der Waals surface area contributed by atoms with Crippen molar-refractivity contribution in [2.24, 2.45) is 0 Å². The largest absolute Gasteiger partial charge is 0.483 e. The van der Waals surface area contributed by atoms with Crippen LogP contribution in [0.25, 0.3) is 0 Å². The van der Waals surface area contributed by atoms with E-state index in [-0.39, 0.29) is 5.78 Å². The van der Waals surface area contributed by atoms with Gasteiger partial charge in [0.2, 0.25) is 0 Å². The van der Waals surface area contributed by atoms with Crippen molar-refractivity contribution < 1.29 is 18.0 Å². The minimum atomic E-state index is -1.34. The highest BCUT2D eigenvalue weighted by Gasteiger charge is 2.15. The molecule has 1 aromatic carbocycles. The molecule has 0 aliphatic heterocycles. The highest BCUT2D eigenvalue weighted by atomic mass is 32.2. The van der Waals surface area contributed by atoms with Gasteiger partial charge < -0.3 is 4.74 Å². The van der Waals surface area contributed by atoms with Crippen molar-refractivity contribution in [1.82, 2.24) is 0 Å². The summed E-state index contributed by atoms with van der Waals surface area (Å²) in [7, 11) is 0. The zero-order chi connectivity index (χ0) is 22.7. The van der Waals surface area contributed by atoms with E-state index in [9.17, 15) is 9.00 Å². The molecule has 1 rings (SSSR count). The maximum absolute atomic E-state index is 12.0. The molecule has 2 atom stereocenters. The third kappa shape index (κ3) is 14.3. The molecule has 0 saturated carbocycles. The highest BCUT2D eigenvalue weighted by Crippen LogP contribution is 2.20. The number of ketones is 1. The van der Waals surface area contributed by atoms with Crippen molar-refractivity contribution in [1.29, 1.82) is 0 Å². The molecule has 0 spiro atoms. The van der Waals surface area contributed by atoms with Gasteiger partial charge in [-0.05, 0) is 50.5 Å². The molecule has 2 unspecified atom stereocenters. The van der Waals surface area contributed by atoms with Gasteiger partial charge in [0.1, 0.15) is 5.75 Å². The second-order valence-electron chi connectivity index (χ2n) is 8.26. The number of hydrogen-bond donors (Lipinski definition) is 1. The van der Waals surface area contributed by atoms with E-state index >= 15 is 0 Å². The Morgan fingerprint density at radius 3 is 1.97 bits per heavy atom. The number of Topliss-reactive ketones (excluding diaryl/α,β-unsaturated/α-hetero) is 1. The summed E-state index contributed by atoms with van der Waals surface area (Å²) in [6.45, 7) is 5.89. The van der Waals surface area contributed by atoms with E-state index in [0.717, 1.165) is 32.1 Å². The van der Waals surface area contributed by atoms with Crippen LogP contribution in [-0.4, -0.2) is 21.8 Å². The standard InChI is InChI=1S/C25H43NO4S/c1-4-6-8-9-10-11-12-13-14-15-16-25(22(3)27)29-24-19-17-23(18-20-24)26-30-31(28)21-7-5-2/h17-20,25-26H,4-16,21H2,1-3H3. The number of unbranched alkanes of at least 4 members (excludes halogenated alkanes) is 10. The van der Waals surface area contributed by atoms with Gasteiger partial charge in [-0.1, -0.05) is 78.1 Å². The molecule has 1 aromatic rings. The Morgan fingerprint density at radius 1 is 0.871 bits per heavy atom. The average molecular weight is 454 g/mol. The second kappa shape index (κ2) is 18.2. The SMILES string of the molecule is CCCCCCCCCCCCC(Oc1ccc(NOS(=O)CCCC)cc1)C(C)=O. The van der Waals surface area contributed by atoms with E-state index in [2.05, 4.69) is 12.4 Å². The normalized spacial score (nSPS) is 13.0. The predicted octanol–water partition coefficient (Wildman–Crippen LogP) is 7.14. The molecule has 0 aliphatic carbocycles. The van der Waals surface area contributed by atoms with Gasteiger partial charge in [-0.25, -0.2) is 4.21 Å². The van der Waals surface area contributed by atoms with Crippen LogP contribution >= 0.6 is 0 Å². The van der Waals surface area contributed by atoms with Crippen molar-refractivity contribution in [3.63, 3.8) is 0 Å². The van der Waals surface area contributed by atoms with Crippen LogP contribution in [0.3, 0.4) is 0 Å². The molecule has 31 heavy (non-hydrogen) atoms. The third-order valence-electron chi connectivity index (χ3n) is 5.32. The zero-order valence-electron chi connectivity index (χ0n) is 19.8. The number of anilines is 1. The fourth-order valence-corrected chi connectivity index (χ4v) is 4.12. The summed E-state index contributed by atoms with van der Waals surface area (Å²) in [4.78, 5) is 12.0. The quantitative estimate of drug-likeness (QED) is 0.168. The lowest BCUT2D eigenvalue weighted by molar-refractivity contribution is -0.123. The number of rotatable bonds is 20. The van der Waals surface area contributed by atoms with Crippen molar-refractivity contribution >= 4 is 22.6 Å². The monoisotopic (exact) mass is 453 g/mol. The van der Waals surface area contributed by atoms with Gasteiger partial charge in [-0.15, -0.1) is 0 Å². The molecule has 6 heteroatoms. The Balaban J connectivity index is 2.25. The number of ether oxygens (including phenoxy) is 1. The Labute approximate surface area is 192 Å². The smallest absolute Gasteiger partial charge is 0.179 e.